The molecule has 4 rings (SSSR count). The van der Waals surface area contributed by atoms with E-state index in [1.807, 2.05) is 98.8 Å². The number of urea groups is 1. The van der Waals surface area contributed by atoms with Crippen LogP contribution in [0.1, 0.15) is 18.1 Å². The molecule has 0 aliphatic rings. The van der Waals surface area contributed by atoms with E-state index in [0.29, 0.717) is 17.9 Å². The summed E-state index contributed by atoms with van der Waals surface area (Å²) in [5.74, 6) is -0.242. The monoisotopic (exact) mass is 499 g/mol. The predicted octanol–water partition coefficient (Wildman–Crippen LogP) is 5.13. The van der Waals surface area contributed by atoms with Gasteiger partial charge in [-0.15, -0.1) is 0 Å². The molecule has 4 aromatic rings. The first-order valence-corrected chi connectivity index (χ1v) is 13.0. The van der Waals surface area contributed by atoms with Crippen molar-refractivity contribution in [2.45, 2.75) is 31.2 Å². The van der Waals surface area contributed by atoms with E-state index in [0.717, 1.165) is 27.6 Å². The topological polar surface area (TPSA) is 78.5 Å². The molecule has 0 bridgehead atoms. The van der Waals surface area contributed by atoms with Crippen molar-refractivity contribution < 1.29 is 13.8 Å². The second kappa shape index (κ2) is 11.6. The first-order chi connectivity index (χ1) is 17.5. The average molecular weight is 500 g/mol. The molecule has 184 valence electrons. The van der Waals surface area contributed by atoms with Crippen LogP contribution in [0.2, 0.25) is 0 Å². The Kier molecular flexibility index (Phi) is 8.13. The number of amides is 3. The van der Waals surface area contributed by atoms with Crippen LogP contribution in [0.5, 0.6) is 0 Å². The summed E-state index contributed by atoms with van der Waals surface area (Å²) in [5.41, 5.74) is 2.47. The molecule has 0 aromatic heterocycles. The number of anilines is 1. The van der Waals surface area contributed by atoms with Gasteiger partial charge in [0.15, 0.2) is 11.0 Å². The van der Waals surface area contributed by atoms with Gasteiger partial charge in [-0.25, -0.2) is 9.00 Å². The van der Waals surface area contributed by atoms with Gasteiger partial charge in [0.05, 0.1) is 4.90 Å². The standard InChI is InChI=1S/C29H29N3O3S/c1-3-32(25-18-17-23-14-8-9-15-24(23)20-25)28(33)26(19-22-12-5-4-6-13-22)30-29(34)31-36(35)27-16-10-7-11-21(27)2/h4-18,20,26H,3,19H2,1-2H3,(H2,30,31,34)/t26-,36?/m0/s1. The lowest BCUT2D eigenvalue weighted by Gasteiger charge is -2.27. The summed E-state index contributed by atoms with van der Waals surface area (Å²) in [7, 11) is -1.75. The molecule has 3 amide bonds. The minimum absolute atomic E-state index is 0.242. The van der Waals surface area contributed by atoms with Crippen molar-refractivity contribution in [3.8, 4) is 0 Å². The van der Waals surface area contributed by atoms with Crippen LogP contribution in [0.15, 0.2) is 102 Å². The third-order valence-electron chi connectivity index (χ3n) is 5.99. The number of carbonyl (C=O) groups excluding carboxylic acids is 2. The number of nitrogens with one attached hydrogen (secondary N) is 2. The van der Waals surface area contributed by atoms with Crippen LogP contribution in [-0.4, -0.2) is 28.7 Å². The van der Waals surface area contributed by atoms with Crippen LogP contribution < -0.4 is 14.9 Å². The Morgan fingerprint density at radius 3 is 2.25 bits per heavy atom. The van der Waals surface area contributed by atoms with Crippen LogP contribution in [-0.2, 0) is 22.2 Å². The van der Waals surface area contributed by atoms with Gasteiger partial charge in [0.25, 0.3) is 0 Å². The van der Waals surface area contributed by atoms with E-state index in [1.165, 1.54) is 0 Å². The molecule has 6 nitrogen and oxygen atoms in total. The molecule has 0 spiro atoms. The van der Waals surface area contributed by atoms with E-state index in [-0.39, 0.29) is 5.91 Å². The fourth-order valence-electron chi connectivity index (χ4n) is 4.14. The smallest absolute Gasteiger partial charge is 0.325 e. The Labute approximate surface area is 213 Å². The molecule has 0 fully saturated rings. The van der Waals surface area contributed by atoms with Crippen molar-refractivity contribution >= 4 is 39.4 Å². The zero-order valence-corrected chi connectivity index (χ0v) is 21.1. The molecule has 36 heavy (non-hydrogen) atoms. The van der Waals surface area contributed by atoms with Gasteiger partial charge < -0.3 is 10.2 Å². The zero-order chi connectivity index (χ0) is 25.5. The van der Waals surface area contributed by atoms with Crippen LogP contribution in [0.3, 0.4) is 0 Å². The maximum absolute atomic E-state index is 13.8. The number of fused-ring (bicyclic) bond motifs is 1. The van der Waals surface area contributed by atoms with Gasteiger partial charge in [0.1, 0.15) is 6.04 Å². The van der Waals surface area contributed by atoms with Crippen LogP contribution in [0.4, 0.5) is 10.5 Å². The van der Waals surface area contributed by atoms with Crippen molar-refractivity contribution in [3.05, 3.63) is 108 Å². The molecule has 0 saturated heterocycles. The number of hydrogen-bond donors (Lipinski definition) is 2. The van der Waals surface area contributed by atoms with E-state index in [9.17, 15) is 13.8 Å². The van der Waals surface area contributed by atoms with E-state index < -0.39 is 23.1 Å². The van der Waals surface area contributed by atoms with Gasteiger partial charge in [-0.2, -0.15) is 0 Å². The lowest BCUT2D eigenvalue weighted by atomic mass is 10.0. The SMILES string of the molecule is CCN(C(=O)[C@H](Cc1ccccc1)NC(=O)NS(=O)c1ccccc1C)c1ccc2ccccc2c1. The Balaban J connectivity index is 1.57. The summed E-state index contributed by atoms with van der Waals surface area (Å²) < 4.78 is 15.2. The van der Waals surface area contributed by atoms with Gasteiger partial charge in [0, 0.05) is 18.7 Å². The molecule has 2 N–H and O–H groups in total. The highest BCUT2D eigenvalue weighted by Gasteiger charge is 2.27. The second-order valence-corrected chi connectivity index (χ2v) is 9.65. The van der Waals surface area contributed by atoms with Crippen molar-refractivity contribution in [1.82, 2.24) is 10.0 Å². The maximum Gasteiger partial charge on any atom is 0.327 e. The maximum atomic E-state index is 13.8. The Morgan fingerprint density at radius 1 is 0.861 bits per heavy atom. The Hall–Kier alpha value is -3.97. The number of carbonyl (C=O) groups is 2. The molecule has 0 saturated carbocycles. The van der Waals surface area contributed by atoms with Gasteiger partial charge in [-0.05, 0) is 53.9 Å². The van der Waals surface area contributed by atoms with Gasteiger partial charge in [0.2, 0.25) is 5.91 Å². The average Bonchev–Trinajstić information content (AvgIpc) is 2.89. The van der Waals surface area contributed by atoms with Crippen LogP contribution in [0.25, 0.3) is 10.8 Å². The number of rotatable bonds is 8. The van der Waals surface area contributed by atoms with E-state index >= 15 is 0 Å². The molecule has 7 heteroatoms. The molecule has 4 aromatic carbocycles. The number of hydrogen-bond acceptors (Lipinski definition) is 3. The molecule has 2 atom stereocenters. The molecule has 0 aliphatic heterocycles. The van der Waals surface area contributed by atoms with Crippen molar-refractivity contribution in [2.75, 3.05) is 11.4 Å². The Bertz CT molecular complexity index is 1390. The molecular weight excluding hydrogens is 470 g/mol. The summed E-state index contributed by atoms with van der Waals surface area (Å²) in [6.07, 6.45) is 0.300. The van der Waals surface area contributed by atoms with Crippen molar-refractivity contribution in [3.63, 3.8) is 0 Å². The van der Waals surface area contributed by atoms with Crippen LogP contribution >= 0.6 is 0 Å². The van der Waals surface area contributed by atoms with E-state index in [4.69, 9.17) is 0 Å². The minimum Gasteiger partial charge on any atom is -0.325 e. The summed E-state index contributed by atoms with van der Waals surface area (Å²) in [6.45, 7) is 4.16. The van der Waals surface area contributed by atoms with Gasteiger partial charge in [-0.3, -0.25) is 9.52 Å². The number of aryl methyl sites for hydroxylation is 1. The minimum atomic E-state index is -1.75. The normalized spacial score (nSPS) is 12.5. The molecule has 0 aliphatic carbocycles. The largest absolute Gasteiger partial charge is 0.327 e. The third kappa shape index (κ3) is 5.98. The number of benzene rings is 4. The van der Waals surface area contributed by atoms with Gasteiger partial charge >= 0.3 is 6.03 Å². The predicted molar refractivity (Wildman–Crippen MR) is 145 cm³/mol. The second-order valence-electron chi connectivity index (χ2n) is 8.47. The highest BCUT2D eigenvalue weighted by atomic mass is 32.2. The lowest BCUT2D eigenvalue weighted by Crippen LogP contribution is -2.52. The van der Waals surface area contributed by atoms with Gasteiger partial charge in [-0.1, -0.05) is 78.9 Å². The Morgan fingerprint density at radius 2 is 1.53 bits per heavy atom. The first-order valence-electron chi connectivity index (χ1n) is 11.8. The van der Waals surface area contributed by atoms with E-state index in [2.05, 4.69) is 10.0 Å². The summed E-state index contributed by atoms with van der Waals surface area (Å²) in [5, 5.41) is 4.89. The van der Waals surface area contributed by atoms with Crippen molar-refractivity contribution in [2.24, 2.45) is 0 Å². The van der Waals surface area contributed by atoms with E-state index in [1.54, 1.807) is 17.0 Å². The zero-order valence-electron chi connectivity index (χ0n) is 20.3. The van der Waals surface area contributed by atoms with Crippen molar-refractivity contribution in [1.29, 1.82) is 0 Å². The number of likely N-dealkylation sites (N-methyl/N-ethyl adjacent to an activating group) is 1. The molecule has 1 unspecified atom stereocenters. The highest BCUT2D eigenvalue weighted by molar-refractivity contribution is 7.83. The first kappa shape index (κ1) is 25.1. The third-order valence-corrected chi connectivity index (χ3v) is 7.22. The molecule has 0 radical (unpaired) electrons. The molecular formula is C29H29N3O3S. The fourth-order valence-corrected chi connectivity index (χ4v) is 5.04. The highest BCUT2D eigenvalue weighted by Crippen LogP contribution is 2.23. The number of nitrogens with zero attached hydrogens (tertiary/aromatic N) is 1. The molecule has 0 heterocycles. The summed E-state index contributed by atoms with van der Waals surface area (Å²) in [4.78, 5) is 28.8. The lowest BCUT2D eigenvalue weighted by molar-refractivity contribution is -0.120. The summed E-state index contributed by atoms with van der Waals surface area (Å²) >= 11 is 0. The quantitative estimate of drug-likeness (QED) is 0.353. The summed E-state index contributed by atoms with van der Waals surface area (Å²) in [6, 6.07) is 29.0. The van der Waals surface area contributed by atoms with Crippen LogP contribution in [0, 0.1) is 6.92 Å². The fraction of sp³-hybridized carbons (Fsp3) is 0.172.